The highest BCUT2D eigenvalue weighted by atomic mass is 16.1. The van der Waals surface area contributed by atoms with Crippen LogP contribution < -0.4 is 16.8 Å². The summed E-state index contributed by atoms with van der Waals surface area (Å²) in [5.41, 5.74) is 13.7. The first kappa shape index (κ1) is 26.3. The quantitative estimate of drug-likeness (QED) is 0.519. The fraction of sp³-hybridized carbons (Fsp3) is 0.417. The van der Waals surface area contributed by atoms with Crippen LogP contribution in [-0.2, 0) is 0 Å². The van der Waals surface area contributed by atoms with Gasteiger partial charge in [0.05, 0.1) is 11.1 Å². The Labute approximate surface area is 186 Å². The van der Waals surface area contributed by atoms with Crippen molar-refractivity contribution in [3.8, 4) is 0 Å². The number of nitrogens with one attached hydrogen (secondary N) is 1. The number of rotatable bonds is 6. The van der Waals surface area contributed by atoms with Gasteiger partial charge in [-0.2, -0.15) is 0 Å². The van der Waals surface area contributed by atoms with E-state index in [1.165, 1.54) is 0 Å². The molecule has 7 heteroatoms. The summed E-state index contributed by atoms with van der Waals surface area (Å²) in [6.45, 7) is 7.25. The zero-order valence-corrected chi connectivity index (χ0v) is 19.7. The monoisotopic (exact) mass is 427 g/mol. The van der Waals surface area contributed by atoms with Gasteiger partial charge in [0.25, 0.3) is 0 Å². The summed E-state index contributed by atoms with van der Waals surface area (Å²) < 4.78 is 0. The highest BCUT2D eigenvalue weighted by Crippen LogP contribution is 2.34. The van der Waals surface area contributed by atoms with Crippen LogP contribution in [0.4, 0.5) is 11.4 Å². The summed E-state index contributed by atoms with van der Waals surface area (Å²) in [5, 5.41) is 3.25. The first-order valence-corrected chi connectivity index (χ1v) is 10.6. The molecule has 0 bridgehead atoms. The highest BCUT2D eigenvalue weighted by molar-refractivity contribution is 6.31. The maximum absolute atomic E-state index is 12.9. The lowest BCUT2D eigenvalue weighted by atomic mass is 9.82. The number of ketones is 2. The number of hydrogen-bond acceptors (Lipinski definition) is 7. The van der Waals surface area contributed by atoms with Crippen molar-refractivity contribution < 1.29 is 9.59 Å². The molecule has 2 aromatic carbocycles. The number of nitrogen functional groups attached to an aromatic ring is 1. The Morgan fingerprint density at radius 3 is 1.87 bits per heavy atom. The fourth-order valence-electron chi connectivity index (χ4n) is 3.09. The van der Waals surface area contributed by atoms with Crippen molar-refractivity contribution in [3.63, 3.8) is 0 Å². The molecule has 0 heterocycles. The van der Waals surface area contributed by atoms with Crippen molar-refractivity contribution in [1.29, 1.82) is 0 Å². The normalized spacial score (nSPS) is 11.8. The summed E-state index contributed by atoms with van der Waals surface area (Å²) in [5.74, 6) is -0.348. The van der Waals surface area contributed by atoms with Crippen LogP contribution in [0.1, 0.15) is 45.7 Å². The van der Waals surface area contributed by atoms with Crippen LogP contribution in [0.25, 0.3) is 0 Å². The zero-order valence-electron chi connectivity index (χ0n) is 19.7. The highest BCUT2D eigenvalue weighted by Gasteiger charge is 2.32. The lowest BCUT2D eigenvalue weighted by Crippen LogP contribution is -2.25. The Hall–Kier alpha value is -2.74. The van der Waals surface area contributed by atoms with Gasteiger partial charge in [0.1, 0.15) is 0 Å². The molecule has 31 heavy (non-hydrogen) atoms. The average Bonchev–Trinajstić information content (AvgIpc) is 2.73. The third kappa shape index (κ3) is 6.89. The summed E-state index contributed by atoms with van der Waals surface area (Å²) in [6, 6.07) is 10.3. The topological polar surface area (TPSA) is 105 Å². The lowest BCUT2D eigenvalue weighted by Gasteiger charge is -2.22. The van der Waals surface area contributed by atoms with Crippen molar-refractivity contribution in [2.45, 2.75) is 13.8 Å². The second kappa shape index (κ2) is 12.8. The largest absolute Gasteiger partial charge is 0.398 e. The van der Waals surface area contributed by atoms with E-state index in [-0.39, 0.29) is 11.6 Å². The van der Waals surface area contributed by atoms with Crippen molar-refractivity contribution in [2.75, 3.05) is 65.4 Å². The molecular weight excluding hydrogens is 390 g/mol. The van der Waals surface area contributed by atoms with Crippen LogP contribution >= 0.6 is 0 Å². The Kier molecular flexibility index (Phi) is 10.9. The molecule has 0 radical (unpaired) electrons. The molecule has 170 valence electrons. The number of benzene rings is 2. The van der Waals surface area contributed by atoms with Crippen LogP contribution in [0.15, 0.2) is 36.4 Å². The second-order valence-electron chi connectivity index (χ2n) is 7.48. The molecule has 0 spiro atoms. The van der Waals surface area contributed by atoms with Crippen LogP contribution in [0.2, 0.25) is 0 Å². The number of nitrogens with zero attached hydrogens (tertiary/aromatic N) is 2. The Balaban J connectivity index is 0.000000521. The van der Waals surface area contributed by atoms with E-state index in [2.05, 4.69) is 10.2 Å². The van der Waals surface area contributed by atoms with Gasteiger partial charge in [0.15, 0.2) is 11.6 Å². The van der Waals surface area contributed by atoms with Gasteiger partial charge < -0.3 is 26.6 Å². The van der Waals surface area contributed by atoms with Crippen LogP contribution in [0, 0.1) is 0 Å². The van der Waals surface area contributed by atoms with E-state index < -0.39 is 0 Å². The predicted octanol–water partition coefficient (Wildman–Crippen LogP) is 2.55. The van der Waals surface area contributed by atoms with Crippen LogP contribution in [0.3, 0.4) is 0 Å². The molecule has 0 saturated heterocycles. The van der Waals surface area contributed by atoms with E-state index in [0.29, 0.717) is 40.2 Å². The van der Waals surface area contributed by atoms with Crippen LogP contribution in [-0.4, -0.2) is 75.7 Å². The maximum Gasteiger partial charge on any atom is 0.198 e. The number of carbonyl (C=O) groups is 2. The van der Waals surface area contributed by atoms with Crippen molar-refractivity contribution in [3.05, 3.63) is 58.7 Å². The van der Waals surface area contributed by atoms with E-state index in [0.717, 1.165) is 19.6 Å². The minimum atomic E-state index is -0.194. The third-order valence-electron chi connectivity index (χ3n) is 4.56. The molecule has 5 N–H and O–H groups in total. The van der Waals surface area contributed by atoms with E-state index >= 15 is 0 Å². The van der Waals surface area contributed by atoms with Gasteiger partial charge in [-0.15, -0.1) is 0 Å². The summed E-state index contributed by atoms with van der Waals surface area (Å²) in [6.07, 6.45) is 0. The molecule has 0 fully saturated rings. The molecule has 0 unspecified atom stereocenters. The van der Waals surface area contributed by atoms with Gasteiger partial charge in [0, 0.05) is 48.7 Å². The number of carbonyl (C=O) groups excluding carboxylic acids is 2. The average molecular weight is 428 g/mol. The third-order valence-corrected chi connectivity index (χ3v) is 4.56. The summed E-state index contributed by atoms with van der Waals surface area (Å²) >= 11 is 0. The van der Waals surface area contributed by atoms with Gasteiger partial charge in [-0.25, -0.2) is 0 Å². The van der Waals surface area contributed by atoms with E-state index in [1.807, 2.05) is 53.0 Å². The molecular formula is C24H37N5O2. The zero-order chi connectivity index (χ0) is 23.6. The number of anilines is 2. The number of likely N-dealkylation sites (N-methyl/N-ethyl adjacent to an activating group) is 2. The fourth-order valence-corrected chi connectivity index (χ4v) is 3.09. The molecule has 1 aliphatic carbocycles. The molecule has 3 rings (SSSR count). The van der Waals surface area contributed by atoms with Gasteiger partial charge in [0.2, 0.25) is 0 Å². The Morgan fingerprint density at radius 1 is 0.806 bits per heavy atom. The van der Waals surface area contributed by atoms with E-state index in [1.54, 1.807) is 30.3 Å². The molecule has 0 aliphatic heterocycles. The van der Waals surface area contributed by atoms with Crippen molar-refractivity contribution >= 4 is 22.9 Å². The van der Waals surface area contributed by atoms with Crippen molar-refractivity contribution in [2.24, 2.45) is 5.73 Å². The Bertz CT molecular complexity index is 878. The first-order chi connectivity index (χ1) is 14.8. The SMILES string of the molecule is CC.CN(C)CCN.CN(C)CCNc1cccc2c1C(=O)c1c(N)cccc1C2=O. The number of fused-ring (bicyclic) bond motifs is 2. The predicted molar refractivity (Wildman–Crippen MR) is 130 cm³/mol. The van der Waals surface area contributed by atoms with Gasteiger partial charge >= 0.3 is 0 Å². The summed E-state index contributed by atoms with van der Waals surface area (Å²) in [7, 11) is 7.97. The number of nitrogens with two attached hydrogens (primary N) is 2. The molecule has 1 aliphatic rings. The molecule has 0 aromatic heterocycles. The summed E-state index contributed by atoms with van der Waals surface area (Å²) in [4.78, 5) is 29.7. The number of hydrogen-bond donors (Lipinski definition) is 3. The van der Waals surface area contributed by atoms with Gasteiger partial charge in [-0.3, -0.25) is 9.59 Å². The van der Waals surface area contributed by atoms with E-state index in [9.17, 15) is 9.59 Å². The molecule has 7 nitrogen and oxygen atoms in total. The maximum atomic E-state index is 12.9. The van der Waals surface area contributed by atoms with Crippen LogP contribution in [0.5, 0.6) is 0 Å². The second-order valence-corrected chi connectivity index (χ2v) is 7.48. The van der Waals surface area contributed by atoms with Gasteiger partial charge in [-0.05, 0) is 40.3 Å². The molecule has 0 saturated carbocycles. The molecule has 2 aromatic rings. The lowest BCUT2D eigenvalue weighted by molar-refractivity contribution is 0.0980. The molecule has 0 atom stereocenters. The van der Waals surface area contributed by atoms with Crippen molar-refractivity contribution in [1.82, 2.24) is 9.80 Å². The van der Waals surface area contributed by atoms with Gasteiger partial charge in [-0.1, -0.05) is 38.1 Å². The van der Waals surface area contributed by atoms with E-state index in [4.69, 9.17) is 11.5 Å². The minimum absolute atomic E-state index is 0.154. The molecule has 0 amide bonds. The Morgan fingerprint density at radius 2 is 1.35 bits per heavy atom. The standard InChI is InChI=1S/C18H19N3O2.C4H12N2.C2H6/c1-21(2)10-9-20-14-8-4-6-12-16(14)18(23)15-11(17(12)22)5-3-7-13(15)19;1-6(2)4-3-5;1-2/h3-8,20H,9-10,19H2,1-2H3;3-5H2,1-2H3;1-2H3. The minimum Gasteiger partial charge on any atom is -0.398 e. The first-order valence-electron chi connectivity index (χ1n) is 10.6. The smallest absolute Gasteiger partial charge is 0.198 e.